The summed E-state index contributed by atoms with van der Waals surface area (Å²) in [4.78, 5) is 11.7. The van der Waals surface area contributed by atoms with Crippen molar-refractivity contribution >= 4 is 5.91 Å². The van der Waals surface area contributed by atoms with Gasteiger partial charge < -0.3 is 10.6 Å². The number of halogens is 3. The van der Waals surface area contributed by atoms with Gasteiger partial charge in [0.05, 0.1) is 18.2 Å². The van der Waals surface area contributed by atoms with Gasteiger partial charge in [0.15, 0.2) is 0 Å². The Hall–Kier alpha value is -1.56. The zero-order valence-electron chi connectivity index (χ0n) is 11.8. The van der Waals surface area contributed by atoms with E-state index in [0.29, 0.717) is 11.5 Å². The second kappa shape index (κ2) is 6.47. The summed E-state index contributed by atoms with van der Waals surface area (Å²) in [5, 5.41) is 5.84. The molecule has 2 N–H and O–H groups in total. The maximum absolute atomic E-state index is 12.5. The number of benzene rings is 1. The first-order chi connectivity index (χ1) is 9.86. The van der Waals surface area contributed by atoms with Gasteiger partial charge in [-0.2, -0.15) is 13.2 Å². The van der Waals surface area contributed by atoms with Gasteiger partial charge >= 0.3 is 6.18 Å². The Labute approximate surface area is 121 Å². The van der Waals surface area contributed by atoms with Crippen LogP contribution in [0.25, 0.3) is 0 Å². The van der Waals surface area contributed by atoms with Gasteiger partial charge in [0, 0.05) is 0 Å². The maximum atomic E-state index is 12.5. The van der Waals surface area contributed by atoms with Gasteiger partial charge in [-0.1, -0.05) is 12.1 Å². The molecular weight excluding hydrogens is 281 g/mol. The van der Waals surface area contributed by atoms with Gasteiger partial charge in [-0.25, -0.2) is 0 Å². The smallest absolute Gasteiger partial charge is 0.348 e. The highest BCUT2D eigenvalue weighted by Crippen LogP contribution is 2.30. The predicted octanol–water partition coefficient (Wildman–Crippen LogP) is 2.88. The van der Waals surface area contributed by atoms with Crippen molar-refractivity contribution in [3.8, 4) is 0 Å². The molecule has 0 heterocycles. The summed E-state index contributed by atoms with van der Waals surface area (Å²) >= 11 is 0. The number of carbonyl (C=O) groups excluding carboxylic acids is 1. The number of amides is 1. The second-order valence-electron chi connectivity index (χ2n) is 5.48. The van der Waals surface area contributed by atoms with Crippen LogP contribution in [0.3, 0.4) is 0 Å². The number of alkyl halides is 3. The summed E-state index contributed by atoms with van der Waals surface area (Å²) in [6.45, 7) is 2.84. The lowest BCUT2D eigenvalue weighted by molar-refractivity contribution is -0.137. The van der Waals surface area contributed by atoms with E-state index in [1.54, 1.807) is 6.92 Å². The second-order valence-corrected chi connectivity index (χ2v) is 5.48. The van der Waals surface area contributed by atoms with Crippen LogP contribution in [-0.2, 0) is 11.0 Å². The van der Waals surface area contributed by atoms with Crippen molar-refractivity contribution in [2.75, 3.05) is 13.1 Å². The lowest BCUT2D eigenvalue weighted by Crippen LogP contribution is -2.36. The molecule has 0 saturated heterocycles. The van der Waals surface area contributed by atoms with E-state index in [2.05, 4.69) is 10.6 Å². The maximum Gasteiger partial charge on any atom is 0.416 e. The molecule has 0 radical (unpaired) electrons. The summed E-state index contributed by atoms with van der Waals surface area (Å²) in [5.41, 5.74) is -0.0329. The van der Waals surface area contributed by atoms with Crippen molar-refractivity contribution in [1.82, 2.24) is 10.6 Å². The van der Waals surface area contributed by atoms with Gasteiger partial charge in [0.2, 0.25) is 5.91 Å². The Morgan fingerprint density at radius 3 is 2.43 bits per heavy atom. The van der Waals surface area contributed by atoms with E-state index >= 15 is 0 Å². The normalized spacial score (nSPS) is 16.6. The molecule has 1 aromatic rings. The highest BCUT2D eigenvalue weighted by atomic mass is 19.4. The topological polar surface area (TPSA) is 41.1 Å². The standard InChI is InChI=1S/C15H19F3N2O/c1-10(20-14(21)9-19-8-11-2-3-11)12-4-6-13(7-5-12)15(16,17)18/h4-7,10-11,19H,2-3,8-9H2,1H3,(H,20,21)/t10-/m0/s1. The van der Waals surface area contributed by atoms with Crippen LogP contribution in [0.4, 0.5) is 13.2 Å². The van der Waals surface area contributed by atoms with Crippen LogP contribution in [0.1, 0.15) is 36.9 Å². The molecule has 1 saturated carbocycles. The summed E-state index contributed by atoms with van der Waals surface area (Å²) in [6, 6.07) is 4.53. The van der Waals surface area contributed by atoms with Crippen molar-refractivity contribution in [2.24, 2.45) is 5.92 Å². The Balaban J connectivity index is 1.81. The molecular formula is C15H19F3N2O. The lowest BCUT2D eigenvalue weighted by atomic mass is 10.1. The molecule has 0 aliphatic heterocycles. The van der Waals surface area contributed by atoms with Crippen LogP contribution in [0.2, 0.25) is 0 Å². The molecule has 0 unspecified atom stereocenters. The van der Waals surface area contributed by atoms with Crippen LogP contribution < -0.4 is 10.6 Å². The van der Waals surface area contributed by atoms with E-state index < -0.39 is 11.7 Å². The number of hydrogen-bond donors (Lipinski definition) is 2. The van der Waals surface area contributed by atoms with E-state index in [4.69, 9.17) is 0 Å². The van der Waals surface area contributed by atoms with Gasteiger partial charge in [-0.05, 0) is 49.9 Å². The zero-order valence-corrected chi connectivity index (χ0v) is 11.8. The summed E-state index contributed by atoms with van der Waals surface area (Å²) in [6.07, 6.45) is -1.90. The fourth-order valence-corrected chi connectivity index (χ4v) is 2.05. The van der Waals surface area contributed by atoms with E-state index in [1.165, 1.54) is 25.0 Å². The van der Waals surface area contributed by atoms with Gasteiger partial charge in [0.1, 0.15) is 0 Å². The quantitative estimate of drug-likeness (QED) is 0.848. The number of nitrogens with one attached hydrogen (secondary N) is 2. The van der Waals surface area contributed by atoms with E-state index in [0.717, 1.165) is 18.7 Å². The Morgan fingerprint density at radius 1 is 1.29 bits per heavy atom. The number of rotatable bonds is 6. The minimum absolute atomic E-state index is 0.150. The minimum atomic E-state index is -4.34. The van der Waals surface area contributed by atoms with E-state index in [1.807, 2.05) is 0 Å². The highest BCUT2D eigenvalue weighted by molar-refractivity contribution is 5.78. The molecule has 3 nitrogen and oxygen atoms in total. The predicted molar refractivity (Wildman–Crippen MR) is 73.6 cm³/mol. The van der Waals surface area contributed by atoms with Crippen LogP contribution in [0.15, 0.2) is 24.3 Å². The molecule has 2 rings (SSSR count). The Kier molecular flexibility index (Phi) is 4.88. The van der Waals surface area contributed by atoms with Crippen molar-refractivity contribution in [2.45, 2.75) is 32.0 Å². The van der Waals surface area contributed by atoms with Gasteiger partial charge in [0.25, 0.3) is 0 Å². The molecule has 1 amide bonds. The average Bonchev–Trinajstić information content (AvgIpc) is 3.22. The molecule has 1 aliphatic rings. The molecule has 1 atom stereocenters. The molecule has 116 valence electrons. The van der Waals surface area contributed by atoms with Crippen molar-refractivity contribution in [3.63, 3.8) is 0 Å². The first-order valence-electron chi connectivity index (χ1n) is 7.03. The molecule has 6 heteroatoms. The van der Waals surface area contributed by atoms with E-state index in [9.17, 15) is 18.0 Å². The summed E-state index contributed by atoms with van der Waals surface area (Å²) < 4.78 is 37.4. The lowest BCUT2D eigenvalue weighted by Gasteiger charge is -2.15. The summed E-state index contributed by atoms with van der Waals surface area (Å²) in [5.74, 6) is 0.549. The first kappa shape index (κ1) is 15.8. The number of carbonyl (C=O) groups is 1. The largest absolute Gasteiger partial charge is 0.416 e. The van der Waals surface area contributed by atoms with Crippen LogP contribution in [0, 0.1) is 5.92 Å². The third-order valence-corrected chi connectivity index (χ3v) is 3.53. The zero-order chi connectivity index (χ0) is 15.5. The molecule has 1 aromatic carbocycles. The Bertz CT molecular complexity index is 481. The first-order valence-corrected chi connectivity index (χ1v) is 7.03. The van der Waals surface area contributed by atoms with E-state index in [-0.39, 0.29) is 18.5 Å². The monoisotopic (exact) mass is 300 g/mol. The molecule has 21 heavy (non-hydrogen) atoms. The van der Waals surface area contributed by atoms with Crippen LogP contribution >= 0.6 is 0 Å². The highest BCUT2D eigenvalue weighted by Gasteiger charge is 2.30. The van der Waals surface area contributed by atoms with Crippen molar-refractivity contribution in [3.05, 3.63) is 35.4 Å². The third-order valence-electron chi connectivity index (χ3n) is 3.53. The molecule has 0 spiro atoms. The van der Waals surface area contributed by atoms with Crippen molar-refractivity contribution < 1.29 is 18.0 Å². The van der Waals surface area contributed by atoms with Crippen LogP contribution in [-0.4, -0.2) is 19.0 Å². The molecule has 1 fully saturated rings. The molecule has 0 aromatic heterocycles. The average molecular weight is 300 g/mol. The SMILES string of the molecule is C[C@H](NC(=O)CNCC1CC1)c1ccc(C(F)(F)F)cc1. The molecule has 1 aliphatic carbocycles. The fraction of sp³-hybridized carbons (Fsp3) is 0.533. The number of hydrogen-bond acceptors (Lipinski definition) is 2. The third kappa shape index (κ3) is 5.04. The van der Waals surface area contributed by atoms with Gasteiger partial charge in [-0.15, -0.1) is 0 Å². The van der Waals surface area contributed by atoms with Crippen molar-refractivity contribution in [1.29, 1.82) is 0 Å². The van der Waals surface area contributed by atoms with Crippen LogP contribution in [0.5, 0.6) is 0 Å². The van der Waals surface area contributed by atoms with Gasteiger partial charge in [-0.3, -0.25) is 4.79 Å². The minimum Gasteiger partial charge on any atom is -0.348 e. The Morgan fingerprint density at radius 2 is 1.90 bits per heavy atom. The summed E-state index contributed by atoms with van der Waals surface area (Å²) in [7, 11) is 0. The molecule has 0 bridgehead atoms. The fourth-order valence-electron chi connectivity index (χ4n) is 2.05.